The third-order valence-electron chi connectivity index (χ3n) is 4.65. The van der Waals surface area contributed by atoms with Crippen molar-refractivity contribution in [1.29, 1.82) is 0 Å². The predicted octanol–water partition coefficient (Wildman–Crippen LogP) is 2.69. The van der Waals surface area contributed by atoms with Gasteiger partial charge in [-0.15, -0.1) is 0 Å². The summed E-state index contributed by atoms with van der Waals surface area (Å²) in [4.78, 5) is 7.04. The quantitative estimate of drug-likeness (QED) is 0.795. The second-order valence-corrected chi connectivity index (χ2v) is 6.58. The van der Waals surface area contributed by atoms with Gasteiger partial charge in [-0.25, -0.2) is 4.98 Å². The van der Waals surface area contributed by atoms with Crippen LogP contribution >= 0.6 is 0 Å². The topological polar surface area (TPSA) is 59.0 Å². The number of imidazole rings is 1. The Kier molecular flexibility index (Phi) is 4.38. The van der Waals surface area contributed by atoms with Gasteiger partial charge in [0.25, 0.3) is 0 Å². The van der Waals surface area contributed by atoms with E-state index in [2.05, 4.69) is 36.8 Å². The van der Waals surface area contributed by atoms with Crippen molar-refractivity contribution in [1.82, 2.24) is 24.6 Å². The van der Waals surface area contributed by atoms with E-state index in [-0.39, 0.29) is 6.10 Å². The summed E-state index contributed by atoms with van der Waals surface area (Å²) in [5, 5.41) is 7.40. The first-order valence-electron chi connectivity index (χ1n) is 8.62. The van der Waals surface area contributed by atoms with E-state index in [1.54, 1.807) is 0 Å². The Morgan fingerprint density at radius 1 is 1.28 bits per heavy atom. The molecule has 1 aliphatic rings. The van der Waals surface area contributed by atoms with Crippen LogP contribution in [0.3, 0.4) is 0 Å². The van der Waals surface area contributed by atoms with Crippen LogP contribution < -0.4 is 0 Å². The van der Waals surface area contributed by atoms with Crippen LogP contribution in [-0.4, -0.2) is 44.3 Å². The Labute approximate surface area is 147 Å². The molecule has 1 aliphatic heterocycles. The minimum atomic E-state index is 0.0135. The van der Waals surface area contributed by atoms with Gasteiger partial charge >= 0.3 is 0 Å². The highest BCUT2D eigenvalue weighted by Crippen LogP contribution is 2.26. The highest BCUT2D eigenvalue weighted by Gasteiger charge is 2.26. The molecule has 3 heterocycles. The monoisotopic (exact) mass is 337 g/mol. The number of rotatable bonds is 4. The molecule has 1 N–H and O–H groups in total. The van der Waals surface area contributed by atoms with Crippen LogP contribution in [-0.2, 0) is 18.3 Å². The van der Waals surface area contributed by atoms with E-state index >= 15 is 0 Å². The van der Waals surface area contributed by atoms with Crippen LogP contribution in [0.1, 0.15) is 23.2 Å². The third kappa shape index (κ3) is 3.36. The number of morpholine rings is 1. The molecule has 4 rings (SSSR count). The lowest BCUT2D eigenvalue weighted by Crippen LogP contribution is -2.38. The van der Waals surface area contributed by atoms with Crippen LogP contribution in [0.25, 0.3) is 11.3 Å². The summed E-state index contributed by atoms with van der Waals surface area (Å²) in [5.74, 6) is 0.998. The molecule has 1 fully saturated rings. The fourth-order valence-corrected chi connectivity index (χ4v) is 3.46. The summed E-state index contributed by atoms with van der Waals surface area (Å²) < 4.78 is 8.04. The fourth-order valence-electron chi connectivity index (χ4n) is 3.46. The molecule has 130 valence electrons. The van der Waals surface area contributed by atoms with Crippen molar-refractivity contribution in [2.45, 2.75) is 19.6 Å². The molecule has 2 aromatic heterocycles. The number of aryl methyl sites for hydroxylation is 2. The van der Waals surface area contributed by atoms with Crippen molar-refractivity contribution in [3.63, 3.8) is 0 Å². The van der Waals surface area contributed by atoms with Crippen molar-refractivity contribution in [2.75, 3.05) is 19.7 Å². The number of benzene rings is 1. The van der Waals surface area contributed by atoms with Gasteiger partial charge in [0.05, 0.1) is 24.2 Å². The first-order chi connectivity index (χ1) is 12.2. The molecule has 0 amide bonds. The van der Waals surface area contributed by atoms with Crippen molar-refractivity contribution in [3.05, 3.63) is 59.8 Å². The number of hydrogen-bond acceptors (Lipinski definition) is 4. The lowest BCUT2D eigenvalue weighted by atomic mass is 10.1. The Hall–Kier alpha value is -2.44. The van der Waals surface area contributed by atoms with Crippen molar-refractivity contribution in [2.24, 2.45) is 7.05 Å². The largest absolute Gasteiger partial charge is 0.368 e. The second kappa shape index (κ2) is 6.82. The molecule has 0 aliphatic carbocycles. The SMILES string of the molecule is Cc1cn(C)c(C2CN(Cc3cn[nH]c3-c3ccccc3)CCO2)n1. The molecule has 6 heteroatoms. The zero-order valence-corrected chi connectivity index (χ0v) is 14.6. The molecular formula is C19H23N5O. The summed E-state index contributed by atoms with van der Waals surface area (Å²) in [5.41, 5.74) is 4.50. The minimum absolute atomic E-state index is 0.0135. The average Bonchev–Trinajstić information content (AvgIpc) is 3.22. The molecule has 6 nitrogen and oxygen atoms in total. The summed E-state index contributed by atoms with van der Waals surface area (Å²) in [6.45, 7) is 5.34. The van der Waals surface area contributed by atoms with E-state index in [1.165, 1.54) is 11.1 Å². The number of hydrogen-bond donors (Lipinski definition) is 1. The molecule has 1 atom stereocenters. The highest BCUT2D eigenvalue weighted by molar-refractivity contribution is 5.62. The van der Waals surface area contributed by atoms with Gasteiger partial charge < -0.3 is 9.30 Å². The molecule has 1 unspecified atom stereocenters. The van der Waals surface area contributed by atoms with Crippen molar-refractivity contribution in [3.8, 4) is 11.3 Å². The lowest BCUT2D eigenvalue weighted by Gasteiger charge is -2.32. The summed E-state index contributed by atoms with van der Waals surface area (Å²) in [6, 6.07) is 10.3. The fraction of sp³-hybridized carbons (Fsp3) is 0.368. The first-order valence-corrected chi connectivity index (χ1v) is 8.62. The van der Waals surface area contributed by atoms with Crippen LogP contribution in [0.15, 0.2) is 42.7 Å². The second-order valence-electron chi connectivity index (χ2n) is 6.58. The van der Waals surface area contributed by atoms with E-state index in [4.69, 9.17) is 4.74 Å². The molecule has 0 radical (unpaired) electrons. The van der Waals surface area contributed by atoms with E-state index < -0.39 is 0 Å². The smallest absolute Gasteiger partial charge is 0.139 e. The Balaban J connectivity index is 1.50. The molecule has 0 bridgehead atoms. The number of ether oxygens (including phenoxy) is 1. The molecule has 3 aromatic rings. The van der Waals surface area contributed by atoms with Gasteiger partial charge in [0, 0.05) is 38.4 Å². The Bertz CT molecular complexity index is 839. The maximum atomic E-state index is 5.97. The van der Waals surface area contributed by atoms with E-state index in [0.717, 1.165) is 43.5 Å². The maximum Gasteiger partial charge on any atom is 0.139 e. The Morgan fingerprint density at radius 3 is 2.88 bits per heavy atom. The van der Waals surface area contributed by atoms with Crippen LogP contribution in [0.4, 0.5) is 0 Å². The van der Waals surface area contributed by atoms with Crippen LogP contribution in [0.2, 0.25) is 0 Å². The van der Waals surface area contributed by atoms with E-state index in [9.17, 15) is 0 Å². The zero-order chi connectivity index (χ0) is 17.2. The van der Waals surface area contributed by atoms with Gasteiger partial charge in [-0.3, -0.25) is 10.00 Å². The molecule has 1 saturated heterocycles. The minimum Gasteiger partial charge on any atom is -0.368 e. The van der Waals surface area contributed by atoms with Gasteiger partial charge in [-0.2, -0.15) is 5.10 Å². The van der Waals surface area contributed by atoms with Gasteiger partial charge in [0.15, 0.2) is 0 Å². The van der Waals surface area contributed by atoms with Gasteiger partial charge in [-0.05, 0) is 12.5 Å². The Morgan fingerprint density at radius 2 is 2.12 bits per heavy atom. The maximum absolute atomic E-state index is 5.97. The lowest BCUT2D eigenvalue weighted by molar-refractivity contribution is -0.0383. The highest BCUT2D eigenvalue weighted by atomic mass is 16.5. The number of aromatic nitrogens is 4. The number of H-pyrrole nitrogens is 1. The molecule has 0 spiro atoms. The summed E-state index contributed by atoms with van der Waals surface area (Å²) in [7, 11) is 2.03. The number of aromatic amines is 1. The van der Waals surface area contributed by atoms with E-state index in [0.29, 0.717) is 0 Å². The number of nitrogens with zero attached hydrogens (tertiary/aromatic N) is 4. The van der Waals surface area contributed by atoms with Crippen LogP contribution in [0, 0.1) is 6.92 Å². The first kappa shape index (κ1) is 16.1. The molecule has 1 aromatic carbocycles. The van der Waals surface area contributed by atoms with Crippen molar-refractivity contribution < 1.29 is 4.74 Å². The predicted molar refractivity (Wildman–Crippen MR) is 95.9 cm³/mol. The van der Waals surface area contributed by atoms with Crippen LogP contribution in [0.5, 0.6) is 0 Å². The average molecular weight is 337 g/mol. The van der Waals surface area contributed by atoms with Gasteiger partial charge in [-0.1, -0.05) is 30.3 Å². The normalized spacial score (nSPS) is 18.6. The van der Waals surface area contributed by atoms with Crippen molar-refractivity contribution >= 4 is 0 Å². The zero-order valence-electron chi connectivity index (χ0n) is 14.6. The third-order valence-corrected chi connectivity index (χ3v) is 4.65. The molecular weight excluding hydrogens is 314 g/mol. The van der Waals surface area contributed by atoms with Gasteiger partial charge in [0.1, 0.15) is 11.9 Å². The van der Waals surface area contributed by atoms with E-state index in [1.807, 2.05) is 44.6 Å². The standard InChI is InChI=1S/C19H23N5O/c1-14-11-23(2)19(21-14)17-13-24(8-9-25-17)12-16-10-20-22-18(16)15-6-4-3-5-7-15/h3-7,10-11,17H,8-9,12-13H2,1-2H3,(H,20,22). The summed E-state index contributed by atoms with van der Waals surface area (Å²) in [6.07, 6.45) is 3.98. The molecule has 25 heavy (non-hydrogen) atoms. The summed E-state index contributed by atoms with van der Waals surface area (Å²) >= 11 is 0. The molecule has 0 saturated carbocycles. The number of nitrogens with one attached hydrogen (secondary N) is 1. The van der Waals surface area contributed by atoms with Gasteiger partial charge in [0.2, 0.25) is 0 Å².